The molecule has 1 amide bonds. The highest BCUT2D eigenvalue weighted by Crippen LogP contribution is 2.30. The fourth-order valence-electron chi connectivity index (χ4n) is 2.91. The first-order valence-corrected chi connectivity index (χ1v) is 7.99. The Balaban J connectivity index is 1.84. The van der Waals surface area contributed by atoms with E-state index in [1.165, 1.54) is 7.11 Å². The van der Waals surface area contributed by atoms with Crippen LogP contribution in [-0.2, 0) is 9.53 Å². The molecular weight excluding hydrogens is 306 g/mol. The van der Waals surface area contributed by atoms with Crippen LogP contribution in [0.1, 0.15) is 30.4 Å². The van der Waals surface area contributed by atoms with E-state index in [1.54, 1.807) is 6.20 Å². The van der Waals surface area contributed by atoms with Gasteiger partial charge in [0, 0.05) is 31.6 Å². The monoisotopic (exact) mass is 327 g/mol. The van der Waals surface area contributed by atoms with E-state index in [2.05, 4.69) is 20.3 Å². The number of nitrogens with zero attached hydrogens (tertiary/aromatic N) is 4. The average molecular weight is 327 g/mol. The summed E-state index contributed by atoms with van der Waals surface area (Å²) in [5.41, 5.74) is 0.851. The third-order valence-corrected chi connectivity index (χ3v) is 3.93. The lowest BCUT2D eigenvalue weighted by Gasteiger charge is -2.24. The fraction of sp³-hybridized carbons (Fsp3) is 0.412. The van der Waals surface area contributed by atoms with E-state index >= 15 is 0 Å². The summed E-state index contributed by atoms with van der Waals surface area (Å²) < 4.78 is 4.97. The van der Waals surface area contributed by atoms with Crippen LogP contribution in [0.3, 0.4) is 0 Å². The number of likely N-dealkylation sites (tertiary alicyclic amines) is 1. The molecule has 0 bridgehead atoms. The Kier molecular flexibility index (Phi) is 5.00. The van der Waals surface area contributed by atoms with Gasteiger partial charge in [-0.1, -0.05) is 6.07 Å². The maximum absolute atomic E-state index is 12.2. The largest absolute Gasteiger partial charge is 0.375 e. The SMILES string of the molecule is COCC(=O)N1CCC[C@@H]1c1nc(C)cc(Nc2ccccn2)n1. The molecule has 0 spiro atoms. The van der Waals surface area contributed by atoms with Gasteiger partial charge in [-0.05, 0) is 31.9 Å². The van der Waals surface area contributed by atoms with Crippen LogP contribution < -0.4 is 5.32 Å². The van der Waals surface area contributed by atoms with E-state index in [-0.39, 0.29) is 18.6 Å². The number of rotatable bonds is 5. The zero-order chi connectivity index (χ0) is 16.9. The molecule has 126 valence electrons. The van der Waals surface area contributed by atoms with E-state index < -0.39 is 0 Å². The summed E-state index contributed by atoms with van der Waals surface area (Å²) in [5.74, 6) is 2.04. The van der Waals surface area contributed by atoms with Gasteiger partial charge in [0.2, 0.25) is 5.91 Å². The minimum atomic E-state index is -0.100. The van der Waals surface area contributed by atoms with Crippen molar-refractivity contribution in [2.45, 2.75) is 25.8 Å². The number of nitrogens with one attached hydrogen (secondary N) is 1. The Morgan fingerprint density at radius 2 is 2.25 bits per heavy atom. The molecule has 0 radical (unpaired) electrons. The first kappa shape index (κ1) is 16.3. The molecule has 7 nitrogen and oxygen atoms in total. The maximum Gasteiger partial charge on any atom is 0.249 e. The lowest BCUT2D eigenvalue weighted by atomic mass is 10.2. The number of ether oxygens (including phenoxy) is 1. The zero-order valence-corrected chi connectivity index (χ0v) is 13.9. The Hall–Kier alpha value is -2.54. The average Bonchev–Trinajstić information content (AvgIpc) is 3.05. The number of methoxy groups -OCH3 is 1. The van der Waals surface area contributed by atoms with Crippen molar-refractivity contribution in [2.24, 2.45) is 0 Å². The van der Waals surface area contributed by atoms with Crippen molar-refractivity contribution >= 4 is 17.5 Å². The van der Waals surface area contributed by atoms with Gasteiger partial charge in [-0.25, -0.2) is 15.0 Å². The molecule has 3 heterocycles. The van der Waals surface area contributed by atoms with Crippen LogP contribution >= 0.6 is 0 Å². The van der Waals surface area contributed by atoms with Crippen LogP contribution in [0.25, 0.3) is 0 Å². The highest BCUT2D eigenvalue weighted by atomic mass is 16.5. The van der Waals surface area contributed by atoms with Gasteiger partial charge in [-0.2, -0.15) is 0 Å². The molecule has 24 heavy (non-hydrogen) atoms. The van der Waals surface area contributed by atoms with E-state index in [1.807, 2.05) is 36.1 Å². The van der Waals surface area contributed by atoms with Gasteiger partial charge in [0.25, 0.3) is 0 Å². The van der Waals surface area contributed by atoms with E-state index in [0.717, 1.165) is 24.4 Å². The van der Waals surface area contributed by atoms with Gasteiger partial charge >= 0.3 is 0 Å². The molecule has 2 aromatic heterocycles. The number of anilines is 2. The third kappa shape index (κ3) is 3.68. The highest BCUT2D eigenvalue weighted by molar-refractivity contribution is 5.78. The molecular formula is C17H21N5O2. The van der Waals surface area contributed by atoms with Gasteiger partial charge in [0.1, 0.15) is 18.2 Å². The molecule has 1 aliphatic heterocycles. The van der Waals surface area contributed by atoms with Crippen molar-refractivity contribution < 1.29 is 9.53 Å². The molecule has 2 aromatic rings. The van der Waals surface area contributed by atoms with Gasteiger partial charge in [-0.15, -0.1) is 0 Å². The number of carbonyl (C=O) groups is 1. The second-order valence-corrected chi connectivity index (χ2v) is 5.77. The number of pyridine rings is 1. The van der Waals surface area contributed by atoms with Crippen LogP contribution in [-0.4, -0.2) is 46.0 Å². The minimum Gasteiger partial charge on any atom is -0.375 e. The third-order valence-electron chi connectivity index (χ3n) is 3.93. The van der Waals surface area contributed by atoms with Crippen molar-refractivity contribution in [3.8, 4) is 0 Å². The molecule has 1 fully saturated rings. The summed E-state index contributed by atoms with van der Waals surface area (Å²) in [6.45, 7) is 2.72. The van der Waals surface area contributed by atoms with Crippen LogP contribution in [0.2, 0.25) is 0 Å². The number of aromatic nitrogens is 3. The van der Waals surface area contributed by atoms with Crippen molar-refractivity contribution in [1.29, 1.82) is 0 Å². The molecule has 0 aliphatic carbocycles. The number of amides is 1. The number of aryl methyl sites for hydroxylation is 1. The maximum atomic E-state index is 12.2. The fourth-order valence-corrected chi connectivity index (χ4v) is 2.91. The van der Waals surface area contributed by atoms with Gasteiger partial charge < -0.3 is 15.0 Å². The Morgan fingerprint density at radius 1 is 1.38 bits per heavy atom. The van der Waals surface area contributed by atoms with Gasteiger partial charge in [0.15, 0.2) is 5.82 Å². The summed E-state index contributed by atoms with van der Waals surface area (Å²) in [6, 6.07) is 7.42. The number of carbonyl (C=O) groups excluding carboxylic acids is 1. The minimum absolute atomic E-state index is 0.0238. The van der Waals surface area contributed by atoms with Crippen molar-refractivity contribution in [1.82, 2.24) is 19.9 Å². The quantitative estimate of drug-likeness (QED) is 0.907. The van der Waals surface area contributed by atoms with E-state index in [9.17, 15) is 4.79 Å². The highest BCUT2D eigenvalue weighted by Gasteiger charge is 2.32. The summed E-state index contributed by atoms with van der Waals surface area (Å²) in [6.07, 6.45) is 3.53. The predicted octanol–water partition coefficient (Wildman–Crippen LogP) is 2.23. The smallest absolute Gasteiger partial charge is 0.249 e. The van der Waals surface area contributed by atoms with Crippen LogP contribution in [0.4, 0.5) is 11.6 Å². The first-order chi connectivity index (χ1) is 11.7. The number of hydrogen-bond acceptors (Lipinski definition) is 6. The van der Waals surface area contributed by atoms with Crippen molar-refractivity contribution in [3.05, 3.63) is 42.0 Å². The number of hydrogen-bond donors (Lipinski definition) is 1. The summed E-state index contributed by atoms with van der Waals surface area (Å²) >= 11 is 0. The van der Waals surface area contributed by atoms with Crippen molar-refractivity contribution in [3.63, 3.8) is 0 Å². The Labute approximate surface area is 141 Å². The predicted molar refractivity (Wildman–Crippen MR) is 89.9 cm³/mol. The molecule has 1 atom stereocenters. The molecule has 0 unspecified atom stereocenters. The summed E-state index contributed by atoms with van der Waals surface area (Å²) in [7, 11) is 1.53. The molecule has 7 heteroatoms. The van der Waals surface area contributed by atoms with Crippen LogP contribution in [0.5, 0.6) is 0 Å². The molecule has 0 aromatic carbocycles. The second kappa shape index (κ2) is 7.35. The molecule has 1 aliphatic rings. The lowest BCUT2D eigenvalue weighted by molar-refractivity contribution is -0.136. The van der Waals surface area contributed by atoms with Gasteiger partial charge in [-0.3, -0.25) is 4.79 Å². The molecule has 3 rings (SSSR count). The summed E-state index contributed by atoms with van der Waals surface area (Å²) in [4.78, 5) is 27.4. The topological polar surface area (TPSA) is 80.2 Å². The first-order valence-electron chi connectivity index (χ1n) is 7.99. The zero-order valence-electron chi connectivity index (χ0n) is 13.9. The van der Waals surface area contributed by atoms with E-state index in [4.69, 9.17) is 4.74 Å². The Bertz CT molecular complexity index is 707. The normalized spacial score (nSPS) is 17.1. The van der Waals surface area contributed by atoms with Crippen molar-refractivity contribution in [2.75, 3.05) is 25.6 Å². The van der Waals surface area contributed by atoms with Gasteiger partial charge in [0.05, 0.1) is 6.04 Å². The van der Waals surface area contributed by atoms with Crippen LogP contribution in [0, 0.1) is 6.92 Å². The molecule has 1 N–H and O–H groups in total. The lowest BCUT2D eigenvalue weighted by Crippen LogP contribution is -2.34. The second-order valence-electron chi connectivity index (χ2n) is 5.77. The molecule has 1 saturated heterocycles. The molecule has 0 saturated carbocycles. The van der Waals surface area contributed by atoms with Crippen LogP contribution in [0.15, 0.2) is 30.5 Å². The standard InChI is InChI=1S/C17H21N5O2/c1-12-10-15(20-14-7-3-4-8-18-14)21-17(19-12)13-6-5-9-22(13)16(23)11-24-2/h3-4,7-8,10,13H,5-6,9,11H2,1-2H3,(H,18,19,20,21)/t13-/m1/s1. The Morgan fingerprint density at radius 3 is 3.00 bits per heavy atom. The van der Waals surface area contributed by atoms with E-state index in [0.29, 0.717) is 18.2 Å². The summed E-state index contributed by atoms with van der Waals surface area (Å²) in [5, 5.41) is 3.19.